The molecule has 0 N–H and O–H groups in total. The van der Waals surface area contributed by atoms with Crippen LogP contribution in [0.5, 0.6) is 0 Å². The summed E-state index contributed by atoms with van der Waals surface area (Å²) in [6.07, 6.45) is 0.0753. The highest BCUT2D eigenvalue weighted by atomic mass is 28.1. The molecule has 0 aromatic heterocycles. The van der Waals surface area contributed by atoms with Crippen LogP contribution in [0.4, 0.5) is 0 Å². The first-order valence-corrected chi connectivity index (χ1v) is 7.54. The van der Waals surface area contributed by atoms with Crippen LogP contribution < -0.4 is 0 Å². The summed E-state index contributed by atoms with van der Waals surface area (Å²) in [4.78, 5) is 0. The van der Waals surface area contributed by atoms with Crippen molar-refractivity contribution in [3.63, 3.8) is 0 Å². The van der Waals surface area contributed by atoms with Gasteiger partial charge in [0.25, 0.3) is 0 Å². The van der Waals surface area contributed by atoms with E-state index >= 15 is 0 Å². The fourth-order valence-corrected chi connectivity index (χ4v) is 2.11. The lowest BCUT2D eigenvalue weighted by Crippen LogP contribution is -2.07. The molecule has 0 saturated carbocycles. The molecule has 1 nitrogen and oxygen atoms in total. The van der Waals surface area contributed by atoms with E-state index in [1.165, 1.54) is 27.4 Å². The molecule has 0 fully saturated rings. The first-order valence-electron chi connectivity index (χ1n) is 6.13. The van der Waals surface area contributed by atoms with Crippen molar-refractivity contribution in [1.29, 1.82) is 0 Å². The van der Waals surface area contributed by atoms with Crippen molar-refractivity contribution >= 4 is 10.2 Å². The number of hydrogen-bond acceptors (Lipinski definition) is 1. The average molecular weight is 242 g/mol. The van der Waals surface area contributed by atoms with Crippen molar-refractivity contribution in [2.24, 2.45) is 0 Å². The maximum absolute atomic E-state index is 6.00. The SMILES string of the molecule is [SiH3]CCOC(c1ccccc1)c1ccccc1. The maximum Gasteiger partial charge on any atom is 0.108 e. The van der Waals surface area contributed by atoms with Gasteiger partial charge in [0, 0.05) is 16.8 Å². The molecular formula is C15H18OSi. The monoisotopic (exact) mass is 242 g/mol. The van der Waals surface area contributed by atoms with Crippen molar-refractivity contribution in [3.05, 3.63) is 71.8 Å². The fraction of sp³-hybridized carbons (Fsp3) is 0.200. The zero-order valence-electron chi connectivity index (χ0n) is 10.2. The third-order valence-corrected chi connectivity index (χ3v) is 3.10. The number of ether oxygens (including phenoxy) is 1. The summed E-state index contributed by atoms with van der Waals surface area (Å²) in [5, 5.41) is 0. The summed E-state index contributed by atoms with van der Waals surface area (Å²) in [6.45, 7) is 0.848. The number of rotatable bonds is 5. The third-order valence-electron chi connectivity index (χ3n) is 2.69. The van der Waals surface area contributed by atoms with Gasteiger partial charge in [0.1, 0.15) is 6.10 Å². The van der Waals surface area contributed by atoms with E-state index in [4.69, 9.17) is 4.74 Å². The van der Waals surface area contributed by atoms with Crippen molar-refractivity contribution in [3.8, 4) is 0 Å². The van der Waals surface area contributed by atoms with E-state index < -0.39 is 0 Å². The third kappa shape index (κ3) is 3.28. The smallest absolute Gasteiger partial charge is 0.108 e. The Balaban J connectivity index is 2.26. The molecule has 0 atom stereocenters. The second-order valence-electron chi connectivity index (χ2n) is 4.07. The predicted octanol–water partition coefficient (Wildman–Crippen LogP) is 2.58. The summed E-state index contributed by atoms with van der Waals surface area (Å²) < 4.78 is 6.00. The van der Waals surface area contributed by atoms with Gasteiger partial charge >= 0.3 is 0 Å². The lowest BCUT2D eigenvalue weighted by molar-refractivity contribution is 0.0916. The van der Waals surface area contributed by atoms with Gasteiger partial charge in [-0.25, -0.2) is 0 Å². The minimum Gasteiger partial charge on any atom is -0.369 e. The summed E-state index contributed by atoms with van der Waals surface area (Å²) in [7, 11) is 1.19. The topological polar surface area (TPSA) is 9.23 Å². The minimum atomic E-state index is 0.0753. The molecule has 2 aromatic carbocycles. The minimum absolute atomic E-state index is 0.0753. The molecule has 0 aliphatic heterocycles. The van der Waals surface area contributed by atoms with Crippen LogP contribution in [0.15, 0.2) is 60.7 Å². The zero-order chi connectivity index (χ0) is 11.9. The lowest BCUT2D eigenvalue weighted by atomic mass is 10.0. The Morgan fingerprint density at radius 2 is 1.29 bits per heavy atom. The van der Waals surface area contributed by atoms with Crippen LogP contribution in [0.3, 0.4) is 0 Å². The van der Waals surface area contributed by atoms with E-state index in [2.05, 4.69) is 48.5 Å². The van der Waals surface area contributed by atoms with E-state index in [1.54, 1.807) is 0 Å². The molecule has 0 unspecified atom stereocenters. The first kappa shape index (κ1) is 12.1. The molecule has 0 heterocycles. The summed E-state index contributed by atoms with van der Waals surface area (Å²) in [5.74, 6) is 0. The Morgan fingerprint density at radius 1 is 0.824 bits per heavy atom. The summed E-state index contributed by atoms with van der Waals surface area (Å²) >= 11 is 0. The molecule has 0 aliphatic rings. The Labute approximate surface area is 106 Å². The van der Waals surface area contributed by atoms with Gasteiger partial charge in [-0.3, -0.25) is 0 Å². The molecule has 0 bridgehead atoms. The largest absolute Gasteiger partial charge is 0.369 e. The van der Waals surface area contributed by atoms with Crippen LogP contribution in [0, 0.1) is 0 Å². The van der Waals surface area contributed by atoms with Gasteiger partial charge in [-0.05, 0) is 17.2 Å². The fourth-order valence-electron chi connectivity index (χ4n) is 1.88. The molecular weight excluding hydrogens is 224 g/mol. The second kappa shape index (κ2) is 6.38. The van der Waals surface area contributed by atoms with Crippen LogP contribution >= 0.6 is 0 Å². The van der Waals surface area contributed by atoms with Gasteiger partial charge in [-0.1, -0.05) is 60.7 Å². The highest BCUT2D eigenvalue weighted by Gasteiger charge is 2.13. The zero-order valence-corrected chi connectivity index (χ0v) is 12.2. The molecule has 17 heavy (non-hydrogen) atoms. The van der Waals surface area contributed by atoms with Crippen LogP contribution in [-0.4, -0.2) is 16.8 Å². The quantitative estimate of drug-likeness (QED) is 0.732. The number of hydrogen-bond donors (Lipinski definition) is 0. The van der Waals surface area contributed by atoms with Crippen LogP contribution in [0.2, 0.25) is 6.04 Å². The van der Waals surface area contributed by atoms with Crippen molar-refractivity contribution in [2.45, 2.75) is 12.1 Å². The second-order valence-corrected chi connectivity index (χ2v) is 5.07. The van der Waals surface area contributed by atoms with Crippen molar-refractivity contribution in [2.75, 3.05) is 6.61 Å². The molecule has 2 rings (SSSR count). The lowest BCUT2D eigenvalue weighted by Gasteiger charge is -2.18. The highest BCUT2D eigenvalue weighted by Crippen LogP contribution is 2.25. The van der Waals surface area contributed by atoms with Gasteiger partial charge in [0.15, 0.2) is 0 Å². The Hall–Kier alpha value is -1.38. The Morgan fingerprint density at radius 3 is 1.71 bits per heavy atom. The normalized spacial score (nSPS) is 10.9. The molecule has 0 saturated heterocycles. The summed E-state index contributed by atoms with van der Waals surface area (Å²) in [5.41, 5.74) is 2.46. The van der Waals surface area contributed by atoms with E-state index in [9.17, 15) is 0 Å². The van der Waals surface area contributed by atoms with Crippen LogP contribution in [-0.2, 0) is 4.74 Å². The number of benzene rings is 2. The van der Waals surface area contributed by atoms with E-state index in [1.807, 2.05) is 12.1 Å². The van der Waals surface area contributed by atoms with E-state index in [0.717, 1.165) is 6.61 Å². The van der Waals surface area contributed by atoms with Crippen LogP contribution in [0.1, 0.15) is 17.2 Å². The average Bonchev–Trinajstić information content (AvgIpc) is 2.42. The van der Waals surface area contributed by atoms with E-state index in [-0.39, 0.29) is 6.10 Å². The molecule has 0 spiro atoms. The molecule has 0 amide bonds. The molecule has 0 aliphatic carbocycles. The maximum atomic E-state index is 6.00. The van der Waals surface area contributed by atoms with Gasteiger partial charge in [0.05, 0.1) is 0 Å². The predicted molar refractivity (Wildman–Crippen MR) is 75.4 cm³/mol. The van der Waals surface area contributed by atoms with Crippen molar-refractivity contribution < 1.29 is 4.74 Å². The highest BCUT2D eigenvalue weighted by molar-refractivity contribution is 6.08. The Kier molecular flexibility index (Phi) is 4.53. The van der Waals surface area contributed by atoms with Gasteiger partial charge in [0.2, 0.25) is 0 Å². The van der Waals surface area contributed by atoms with E-state index in [0.29, 0.717) is 0 Å². The standard InChI is InChI=1S/C15H18OSi/c17-12-11-16-15(13-7-3-1-4-8-13)14-9-5-2-6-10-14/h1-10,15H,11-12H2,17H3. The van der Waals surface area contributed by atoms with Crippen LogP contribution in [0.25, 0.3) is 0 Å². The molecule has 2 aromatic rings. The van der Waals surface area contributed by atoms with Gasteiger partial charge in [-0.2, -0.15) is 0 Å². The Bertz CT molecular complexity index is 388. The molecule has 0 radical (unpaired) electrons. The molecule has 2 heteroatoms. The van der Waals surface area contributed by atoms with Gasteiger partial charge in [-0.15, -0.1) is 0 Å². The molecule has 88 valence electrons. The van der Waals surface area contributed by atoms with Crippen molar-refractivity contribution in [1.82, 2.24) is 0 Å². The van der Waals surface area contributed by atoms with Gasteiger partial charge < -0.3 is 4.74 Å². The first-order chi connectivity index (χ1) is 8.42. The summed E-state index contributed by atoms with van der Waals surface area (Å²) in [6, 6.07) is 22.0.